The molecule has 0 aliphatic heterocycles. The average molecular weight is 399 g/mol. The molecule has 0 aliphatic carbocycles. The highest BCUT2D eigenvalue weighted by atomic mass is 16.3. The lowest BCUT2D eigenvalue weighted by molar-refractivity contribution is 0.100. The predicted octanol–water partition coefficient (Wildman–Crippen LogP) is 3.48. The molecule has 0 bridgehead atoms. The van der Waals surface area contributed by atoms with Crippen LogP contribution < -0.4 is 11.1 Å². The number of hydrogen-bond donors (Lipinski definition) is 4. The molecule has 150 valence electrons. The molecular weight excluding hydrogens is 378 g/mol. The smallest absolute Gasteiger partial charge is 0.254 e. The number of pyridine rings is 1. The molecule has 0 aliphatic rings. The van der Waals surface area contributed by atoms with Gasteiger partial charge in [0.05, 0.1) is 5.69 Å². The zero-order chi connectivity index (χ0) is 20.9. The van der Waals surface area contributed by atoms with E-state index in [0.29, 0.717) is 30.0 Å². The molecule has 5 N–H and O–H groups in total. The molecule has 2 heterocycles. The number of anilines is 1. The number of H-pyrrole nitrogens is 1. The first-order valence-corrected chi connectivity index (χ1v) is 9.48. The summed E-state index contributed by atoms with van der Waals surface area (Å²) >= 11 is 0. The van der Waals surface area contributed by atoms with Crippen molar-refractivity contribution >= 4 is 11.7 Å². The summed E-state index contributed by atoms with van der Waals surface area (Å²) in [6.07, 6.45) is 4.06. The third-order valence-electron chi connectivity index (χ3n) is 4.81. The van der Waals surface area contributed by atoms with Crippen molar-refractivity contribution in [3.05, 3.63) is 95.4 Å². The second-order valence-corrected chi connectivity index (χ2v) is 6.93. The Kier molecular flexibility index (Phi) is 5.43. The van der Waals surface area contributed by atoms with Crippen molar-refractivity contribution in [3.63, 3.8) is 0 Å². The summed E-state index contributed by atoms with van der Waals surface area (Å²) < 4.78 is 0. The highest BCUT2D eigenvalue weighted by molar-refractivity contribution is 5.99. The van der Waals surface area contributed by atoms with Crippen LogP contribution >= 0.6 is 0 Å². The van der Waals surface area contributed by atoms with E-state index in [1.807, 2.05) is 42.6 Å². The van der Waals surface area contributed by atoms with Gasteiger partial charge in [-0.25, -0.2) is 0 Å². The van der Waals surface area contributed by atoms with Crippen LogP contribution in [0.25, 0.3) is 11.1 Å². The lowest BCUT2D eigenvalue weighted by Crippen LogP contribution is -2.15. The number of nitrogens with zero attached hydrogens (tertiary/aromatic N) is 2. The number of aromatic hydroxyl groups is 1. The Bertz CT molecular complexity index is 1140. The van der Waals surface area contributed by atoms with Gasteiger partial charge in [0.1, 0.15) is 11.3 Å². The van der Waals surface area contributed by atoms with Crippen molar-refractivity contribution in [1.29, 1.82) is 0 Å². The molecular formula is C23H21N5O2. The van der Waals surface area contributed by atoms with Gasteiger partial charge in [0.15, 0.2) is 5.82 Å². The fraction of sp³-hybridized carbons (Fsp3) is 0.0870. The van der Waals surface area contributed by atoms with Crippen molar-refractivity contribution in [3.8, 4) is 16.9 Å². The zero-order valence-corrected chi connectivity index (χ0v) is 16.2. The Morgan fingerprint density at radius 2 is 1.73 bits per heavy atom. The van der Waals surface area contributed by atoms with Crippen LogP contribution in [0, 0.1) is 0 Å². The molecule has 7 heteroatoms. The first-order valence-electron chi connectivity index (χ1n) is 9.48. The van der Waals surface area contributed by atoms with E-state index in [2.05, 4.69) is 20.5 Å². The summed E-state index contributed by atoms with van der Waals surface area (Å²) in [4.78, 5) is 16.2. The normalized spacial score (nSPS) is 10.7. The minimum atomic E-state index is -0.543. The number of aromatic amines is 1. The standard InChI is InChI=1S/C23H21N5O2/c24-22(30)21-20(27-28-23(21)26-13-16-5-9-19(29)10-6-16)12-15-3-7-17(8-4-15)18-2-1-11-25-14-18/h1-11,14,29H,12-13H2,(H2,24,30)(H2,26,27,28). The third kappa shape index (κ3) is 4.30. The molecule has 4 aromatic rings. The van der Waals surface area contributed by atoms with Crippen LogP contribution in [-0.4, -0.2) is 26.2 Å². The first kappa shape index (κ1) is 19.2. The van der Waals surface area contributed by atoms with Crippen LogP contribution in [0.5, 0.6) is 5.75 Å². The number of nitrogens with one attached hydrogen (secondary N) is 2. The minimum Gasteiger partial charge on any atom is -0.508 e. The van der Waals surface area contributed by atoms with E-state index in [1.165, 1.54) is 0 Å². The van der Waals surface area contributed by atoms with E-state index >= 15 is 0 Å². The number of hydrogen-bond acceptors (Lipinski definition) is 5. The van der Waals surface area contributed by atoms with Crippen LogP contribution in [0.2, 0.25) is 0 Å². The number of rotatable bonds is 7. The maximum absolute atomic E-state index is 12.1. The average Bonchev–Trinajstić information content (AvgIpc) is 3.17. The Morgan fingerprint density at radius 1 is 1.00 bits per heavy atom. The van der Waals surface area contributed by atoms with Crippen LogP contribution in [0.1, 0.15) is 27.2 Å². The van der Waals surface area contributed by atoms with Crippen LogP contribution in [0.15, 0.2) is 73.1 Å². The van der Waals surface area contributed by atoms with Crippen LogP contribution in [0.4, 0.5) is 5.82 Å². The van der Waals surface area contributed by atoms with Crippen molar-refractivity contribution in [1.82, 2.24) is 15.2 Å². The second kappa shape index (κ2) is 8.48. The number of phenols is 1. The van der Waals surface area contributed by atoms with Gasteiger partial charge in [-0.1, -0.05) is 42.5 Å². The Balaban J connectivity index is 1.50. The molecule has 0 unspecified atom stereocenters. The van der Waals surface area contributed by atoms with Gasteiger partial charge in [-0.3, -0.25) is 14.9 Å². The Hall–Kier alpha value is -4.13. The number of benzene rings is 2. The number of aromatic nitrogens is 3. The maximum atomic E-state index is 12.1. The molecule has 2 aromatic carbocycles. The molecule has 1 amide bonds. The summed E-state index contributed by atoms with van der Waals surface area (Å²) in [7, 11) is 0. The quantitative estimate of drug-likeness (QED) is 0.380. The SMILES string of the molecule is NC(=O)c1c(NCc2ccc(O)cc2)n[nH]c1Cc1ccc(-c2cccnc2)cc1. The Labute approximate surface area is 173 Å². The van der Waals surface area contributed by atoms with Crippen molar-refractivity contribution < 1.29 is 9.90 Å². The monoisotopic (exact) mass is 399 g/mol. The number of phenolic OH excluding ortho intramolecular Hbond substituents is 1. The minimum absolute atomic E-state index is 0.202. The van der Waals surface area contributed by atoms with Crippen LogP contribution in [0.3, 0.4) is 0 Å². The predicted molar refractivity (Wildman–Crippen MR) is 115 cm³/mol. The summed E-state index contributed by atoms with van der Waals surface area (Å²) in [5.74, 6) is 0.0738. The molecule has 0 atom stereocenters. The number of nitrogens with two attached hydrogens (primary N) is 1. The number of carbonyl (C=O) groups excluding carboxylic acids is 1. The molecule has 0 saturated carbocycles. The van der Waals surface area contributed by atoms with E-state index in [1.54, 1.807) is 30.5 Å². The largest absolute Gasteiger partial charge is 0.508 e. The van der Waals surface area contributed by atoms with Crippen molar-refractivity contribution in [2.45, 2.75) is 13.0 Å². The molecule has 2 aromatic heterocycles. The lowest BCUT2D eigenvalue weighted by Gasteiger charge is -2.07. The molecule has 0 saturated heterocycles. The zero-order valence-electron chi connectivity index (χ0n) is 16.2. The second-order valence-electron chi connectivity index (χ2n) is 6.93. The molecule has 0 spiro atoms. The number of amides is 1. The molecule has 0 fully saturated rings. The molecule has 4 rings (SSSR count). The van der Waals surface area contributed by atoms with Gasteiger partial charge >= 0.3 is 0 Å². The highest BCUT2D eigenvalue weighted by Gasteiger charge is 2.18. The van der Waals surface area contributed by atoms with Gasteiger partial charge in [0, 0.05) is 25.4 Å². The number of primary amides is 1. The summed E-state index contributed by atoms with van der Waals surface area (Å²) in [6.45, 7) is 0.449. The fourth-order valence-corrected chi connectivity index (χ4v) is 3.25. The molecule has 0 radical (unpaired) electrons. The highest BCUT2D eigenvalue weighted by Crippen LogP contribution is 2.23. The first-order chi connectivity index (χ1) is 14.6. The molecule has 7 nitrogen and oxygen atoms in total. The van der Waals surface area contributed by atoms with Gasteiger partial charge in [-0.2, -0.15) is 5.10 Å². The van der Waals surface area contributed by atoms with Gasteiger partial charge in [-0.15, -0.1) is 0 Å². The third-order valence-corrected chi connectivity index (χ3v) is 4.81. The van der Waals surface area contributed by atoms with Gasteiger partial charge < -0.3 is 16.2 Å². The summed E-state index contributed by atoms with van der Waals surface area (Å²) in [5.41, 5.74) is 10.7. The van der Waals surface area contributed by atoms with Gasteiger partial charge in [0.2, 0.25) is 0 Å². The lowest BCUT2D eigenvalue weighted by atomic mass is 10.0. The van der Waals surface area contributed by atoms with Crippen molar-refractivity contribution in [2.24, 2.45) is 5.73 Å². The van der Waals surface area contributed by atoms with E-state index < -0.39 is 5.91 Å². The van der Waals surface area contributed by atoms with E-state index in [9.17, 15) is 9.90 Å². The summed E-state index contributed by atoms with van der Waals surface area (Å²) in [5, 5.41) is 19.7. The van der Waals surface area contributed by atoms with Gasteiger partial charge in [0.25, 0.3) is 5.91 Å². The molecule has 30 heavy (non-hydrogen) atoms. The van der Waals surface area contributed by atoms with E-state index in [-0.39, 0.29) is 5.75 Å². The van der Waals surface area contributed by atoms with E-state index in [4.69, 9.17) is 5.73 Å². The summed E-state index contributed by atoms with van der Waals surface area (Å²) in [6, 6.07) is 18.8. The van der Waals surface area contributed by atoms with Gasteiger partial charge in [-0.05, 0) is 40.5 Å². The van der Waals surface area contributed by atoms with Crippen molar-refractivity contribution in [2.75, 3.05) is 5.32 Å². The number of carbonyl (C=O) groups is 1. The fourth-order valence-electron chi connectivity index (χ4n) is 3.25. The van der Waals surface area contributed by atoms with E-state index in [0.717, 1.165) is 22.3 Å². The maximum Gasteiger partial charge on any atom is 0.254 e. The topological polar surface area (TPSA) is 117 Å². The van der Waals surface area contributed by atoms with Crippen LogP contribution in [-0.2, 0) is 13.0 Å². The Morgan fingerprint density at radius 3 is 2.40 bits per heavy atom.